The van der Waals surface area contributed by atoms with Gasteiger partial charge in [0.1, 0.15) is 0 Å². The molecule has 0 spiro atoms. The fourth-order valence-electron chi connectivity index (χ4n) is 2.68. The van der Waals surface area contributed by atoms with Crippen molar-refractivity contribution in [2.45, 2.75) is 12.6 Å². The third-order valence-electron chi connectivity index (χ3n) is 3.77. The van der Waals surface area contributed by atoms with Crippen LogP contribution in [-0.4, -0.2) is 35.8 Å². The second kappa shape index (κ2) is 6.06. The molecule has 0 aliphatic carbocycles. The van der Waals surface area contributed by atoms with E-state index in [1.807, 2.05) is 24.3 Å². The van der Waals surface area contributed by atoms with Crippen LogP contribution in [-0.2, 0) is 6.54 Å². The maximum absolute atomic E-state index is 9.77. The van der Waals surface area contributed by atoms with Gasteiger partial charge in [-0.3, -0.25) is 4.98 Å². The van der Waals surface area contributed by atoms with Gasteiger partial charge in [-0.25, -0.2) is 0 Å². The van der Waals surface area contributed by atoms with Gasteiger partial charge in [0.2, 0.25) is 0 Å². The first kappa shape index (κ1) is 13.8. The van der Waals surface area contributed by atoms with E-state index in [0.717, 1.165) is 34.6 Å². The smallest absolute Gasteiger partial charge is 0.0747 e. The van der Waals surface area contributed by atoms with Crippen LogP contribution in [0.15, 0.2) is 30.5 Å². The molecule has 4 nitrogen and oxygen atoms in total. The van der Waals surface area contributed by atoms with E-state index in [1.54, 1.807) is 6.20 Å². The maximum atomic E-state index is 9.77. The zero-order chi connectivity index (χ0) is 13.9. The molecule has 1 aliphatic rings. The molecule has 0 amide bonds. The van der Waals surface area contributed by atoms with Crippen LogP contribution < -0.4 is 10.6 Å². The maximum Gasteiger partial charge on any atom is 0.0747 e. The Balaban J connectivity index is 1.71. The standard InChI is InChI=1S/C15H18ClN3O/c16-13-4-10-2-1-3-19-15(10)11(5-13)6-17-7-12-8-18-9-14(12)20/h1-5,12,14,17-18,20H,6-9H2. The average molecular weight is 292 g/mol. The Morgan fingerprint density at radius 2 is 2.30 bits per heavy atom. The number of fused-ring (bicyclic) bond motifs is 1. The number of β-amino-alcohol motifs (C(OH)–C–C–N with tert-alkyl or cyclic N) is 1. The SMILES string of the molecule is OC1CNCC1CNCc1cc(Cl)cc2cccnc12. The number of aliphatic hydroxyl groups excluding tert-OH is 1. The Morgan fingerprint density at radius 1 is 1.40 bits per heavy atom. The minimum atomic E-state index is -0.253. The second-order valence-corrected chi connectivity index (χ2v) is 5.69. The molecule has 106 valence electrons. The molecule has 5 heteroatoms. The zero-order valence-corrected chi connectivity index (χ0v) is 11.9. The van der Waals surface area contributed by atoms with Crippen molar-refractivity contribution >= 4 is 22.5 Å². The van der Waals surface area contributed by atoms with Crippen molar-refractivity contribution in [3.05, 3.63) is 41.0 Å². The second-order valence-electron chi connectivity index (χ2n) is 5.26. The highest BCUT2D eigenvalue weighted by Crippen LogP contribution is 2.22. The number of hydrogen-bond donors (Lipinski definition) is 3. The minimum absolute atomic E-state index is 0.253. The highest BCUT2D eigenvalue weighted by Gasteiger charge is 2.24. The predicted molar refractivity (Wildman–Crippen MR) is 80.8 cm³/mol. The van der Waals surface area contributed by atoms with Crippen molar-refractivity contribution < 1.29 is 5.11 Å². The monoisotopic (exact) mass is 291 g/mol. The van der Waals surface area contributed by atoms with Crippen LogP contribution in [0.5, 0.6) is 0 Å². The number of nitrogens with one attached hydrogen (secondary N) is 2. The number of benzene rings is 1. The van der Waals surface area contributed by atoms with E-state index in [-0.39, 0.29) is 12.0 Å². The molecule has 3 rings (SSSR count). The summed E-state index contributed by atoms with van der Waals surface area (Å²) in [5, 5.41) is 18.1. The molecule has 2 heterocycles. The number of halogens is 1. The van der Waals surface area contributed by atoms with Gasteiger partial charge in [0.05, 0.1) is 11.6 Å². The van der Waals surface area contributed by atoms with Crippen molar-refractivity contribution in [2.75, 3.05) is 19.6 Å². The van der Waals surface area contributed by atoms with Crippen LogP contribution in [0, 0.1) is 5.92 Å². The molecule has 1 aromatic carbocycles. The van der Waals surface area contributed by atoms with Gasteiger partial charge in [-0.15, -0.1) is 0 Å². The van der Waals surface area contributed by atoms with Crippen LogP contribution in [0.3, 0.4) is 0 Å². The van der Waals surface area contributed by atoms with Crippen LogP contribution >= 0.6 is 11.6 Å². The van der Waals surface area contributed by atoms with Crippen molar-refractivity contribution in [3.8, 4) is 0 Å². The van der Waals surface area contributed by atoms with E-state index in [0.29, 0.717) is 13.1 Å². The summed E-state index contributed by atoms with van der Waals surface area (Å²) in [6.45, 7) is 3.04. The fourth-order valence-corrected chi connectivity index (χ4v) is 2.93. The summed E-state index contributed by atoms with van der Waals surface area (Å²) in [4.78, 5) is 4.43. The van der Waals surface area contributed by atoms with E-state index >= 15 is 0 Å². The van der Waals surface area contributed by atoms with Crippen LogP contribution in [0.1, 0.15) is 5.56 Å². The minimum Gasteiger partial charge on any atom is -0.391 e. The van der Waals surface area contributed by atoms with E-state index < -0.39 is 0 Å². The lowest BCUT2D eigenvalue weighted by molar-refractivity contribution is 0.146. The number of hydrogen-bond acceptors (Lipinski definition) is 4. The number of aromatic nitrogens is 1. The molecule has 3 N–H and O–H groups in total. The molecule has 0 saturated carbocycles. The molecule has 20 heavy (non-hydrogen) atoms. The van der Waals surface area contributed by atoms with Gasteiger partial charge in [0, 0.05) is 48.7 Å². The quantitative estimate of drug-likeness (QED) is 0.800. The number of nitrogens with zero attached hydrogens (tertiary/aromatic N) is 1. The van der Waals surface area contributed by atoms with E-state index in [2.05, 4.69) is 15.6 Å². The highest BCUT2D eigenvalue weighted by atomic mass is 35.5. The third-order valence-corrected chi connectivity index (χ3v) is 3.99. The van der Waals surface area contributed by atoms with Gasteiger partial charge in [-0.05, 0) is 23.8 Å². The summed E-state index contributed by atoms with van der Waals surface area (Å²) >= 11 is 6.15. The zero-order valence-electron chi connectivity index (χ0n) is 11.1. The normalized spacial score (nSPS) is 22.5. The van der Waals surface area contributed by atoms with Crippen LogP contribution in [0.4, 0.5) is 0 Å². The number of rotatable bonds is 4. The summed E-state index contributed by atoms with van der Waals surface area (Å²) in [5.41, 5.74) is 2.07. The summed E-state index contributed by atoms with van der Waals surface area (Å²) < 4.78 is 0. The molecule has 2 aromatic rings. The van der Waals surface area contributed by atoms with Gasteiger partial charge in [-0.2, -0.15) is 0 Å². The summed E-state index contributed by atoms with van der Waals surface area (Å²) in [7, 11) is 0. The lowest BCUT2D eigenvalue weighted by atomic mass is 10.1. The van der Waals surface area contributed by atoms with Gasteiger partial charge in [0.25, 0.3) is 0 Å². The summed E-state index contributed by atoms with van der Waals surface area (Å²) in [6.07, 6.45) is 1.54. The van der Waals surface area contributed by atoms with Crippen molar-refractivity contribution in [1.82, 2.24) is 15.6 Å². The molecule has 2 unspecified atom stereocenters. The lowest BCUT2D eigenvalue weighted by Gasteiger charge is -2.14. The number of pyridine rings is 1. The summed E-state index contributed by atoms with van der Waals surface area (Å²) in [6, 6.07) is 7.81. The Hall–Kier alpha value is -1.20. The first-order valence-electron chi connectivity index (χ1n) is 6.86. The molecule has 1 aliphatic heterocycles. The van der Waals surface area contributed by atoms with Crippen LogP contribution in [0.2, 0.25) is 5.02 Å². The van der Waals surface area contributed by atoms with Gasteiger partial charge in [0.15, 0.2) is 0 Å². The van der Waals surface area contributed by atoms with Gasteiger partial charge < -0.3 is 15.7 Å². The van der Waals surface area contributed by atoms with Crippen molar-refractivity contribution in [3.63, 3.8) is 0 Å². The largest absolute Gasteiger partial charge is 0.391 e. The van der Waals surface area contributed by atoms with E-state index in [4.69, 9.17) is 11.6 Å². The Labute approximate surface area is 123 Å². The highest BCUT2D eigenvalue weighted by molar-refractivity contribution is 6.31. The Morgan fingerprint density at radius 3 is 3.10 bits per heavy atom. The van der Waals surface area contributed by atoms with Crippen molar-refractivity contribution in [2.24, 2.45) is 5.92 Å². The molecule has 0 bridgehead atoms. The third kappa shape index (κ3) is 2.94. The van der Waals surface area contributed by atoms with E-state index in [1.165, 1.54) is 0 Å². The summed E-state index contributed by atoms with van der Waals surface area (Å²) in [5.74, 6) is 0.272. The lowest BCUT2D eigenvalue weighted by Crippen LogP contribution is -2.30. The average Bonchev–Trinajstić information content (AvgIpc) is 2.84. The molecular formula is C15H18ClN3O. The first-order chi connectivity index (χ1) is 9.74. The Kier molecular flexibility index (Phi) is 4.17. The van der Waals surface area contributed by atoms with Gasteiger partial charge in [-0.1, -0.05) is 17.7 Å². The molecule has 1 saturated heterocycles. The topological polar surface area (TPSA) is 57.2 Å². The fraction of sp³-hybridized carbons (Fsp3) is 0.400. The molecule has 0 radical (unpaired) electrons. The predicted octanol–water partition coefficient (Wildman–Crippen LogP) is 1.56. The molecule has 1 aromatic heterocycles. The van der Waals surface area contributed by atoms with E-state index in [9.17, 15) is 5.11 Å². The van der Waals surface area contributed by atoms with Crippen molar-refractivity contribution in [1.29, 1.82) is 0 Å². The van der Waals surface area contributed by atoms with Crippen LogP contribution in [0.25, 0.3) is 10.9 Å². The first-order valence-corrected chi connectivity index (χ1v) is 7.24. The Bertz CT molecular complexity index is 605. The molecule has 2 atom stereocenters. The molecular weight excluding hydrogens is 274 g/mol. The number of aliphatic hydroxyl groups is 1. The van der Waals surface area contributed by atoms with Gasteiger partial charge >= 0.3 is 0 Å². The molecule has 1 fully saturated rings.